The van der Waals surface area contributed by atoms with Crippen molar-refractivity contribution >= 4 is 23.4 Å². The lowest BCUT2D eigenvalue weighted by Crippen LogP contribution is -2.42. The Kier molecular flexibility index (Phi) is 4.61. The number of rotatable bonds is 4. The van der Waals surface area contributed by atoms with Gasteiger partial charge in [0, 0.05) is 13.1 Å². The van der Waals surface area contributed by atoms with Gasteiger partial charge in [0.25, 0.3) is 5.91 Å². The highest BCUT2D eigenvalue weighted by molar-refractivity contribution is 7.05. The first-order valence-electron chi connectivity index (χ1n) is 7.85. The van der Waals surface area contributed by atoms with E-state index in [9.17, 15) is 9.59 Å². The molecule has 0 saturated carbocycles. The number of nitrogens with zero attached hydrogens (tertiary/aromatic N) is 5. The van der Waals surface area contributed by atoms with Crippen LogP contribution in [0.5, 0.6) is 0 Å². The number of esters is 1. The lowest BCUT2D eigenvalue weighted by atomic mass is 9.97. The molecular weight excluding hydrogens is 330 g/mol. The van der Waals surface area contributed by atoms with Crippen molar-refractivity contribution in [2.24, 2.45) is 0 Å². The maximum Gasteiger partial charge on any atom is 0.316 e. The lowest BCUT2D eigenvalue weighted by molar-refractivity contribution is -0.145. The van der Waals surface area contributed by atoms with Crippen molar-refractivity contribution < 1.29 is 14.3 Å². The molecule has 8 nitrogen and oxygen atoms in total. The third-order valence-corrected chi connectivity index (χ3v) is 4.72. The molecule has 24 heavy (non-hydrogen) atoms. The molecular formula is C15H19N5O3S. The minimum absolute atomic E-state index is 0.229. The van der Waals surface area contributed by atoms with Gasteiger partial charge in [-0.25, -0.2) is 4.98 Å². The molecule has 128 valence electrons. The normalized spacial score (nSPS) is 16.8. The summed E-state index contributed by atoms with van der Waals surface area (Å²) >= 11 is 1.19. The summed E-state index contributed by atoms with van der Waals surface area (Å²) in [6.45, 7) is 7.19. The smallest absolute Gasteiger partial charge is 0.316 e. The zero-order valence-electron chi connectivity index (χ0n) is 13.9. The van der Waals surface area contributed by atoms with Gasteiger partial charge in [-0.15, -0.1) is 5.10 Å². The maximum atomic E-state index is 12.7. The fourth-order valence-electron chi connectivity index (χ4n) is 2.92. The third-order valence-electron chi connectivity index (χ3n) is 4.09. The summed E-state index contributed by atoms with van der Waals surface area (Å²) in [5, 5.41) is 3.91. The molecule has 0 unspecified atom stereocenters. The highest BCUT2D eigenvalue weighted by atomic mass is 32.1. The van der Waals surface area contributed by atoms with Gasteiger partial charge in [0.1, 0.15) is 5.92 Å². The van der Waals surface area contributed by atoms with E-state index in [4.69, 9.17) is 4.74 Å². The van der Waals surface area contributed by atoms with Crippen LogP contribution in [-0.4, -0.2) is 49.1 Å². The molecule has 0 aromatic carbocycles. The summed E-state index contributed by atoms with van der Waals surface area (Å²) in [7, 11) is 0. The largest absolute Gasteiger partial charge is 0.465 e. The number of carbonyl (C=O) groups excluding carboxylic acids is 2. The van der Waals surface area contributed by atoms with Crippen molar-refractivity contribution in [3.63, 3.8) is 0 Å². The fourth-order valence-corrected chi connectivity index (χ4v) is 3.38. The van der Waals surface area contributed by atoms with Gasteiger partial charge in [-0.2, -0.15) is 0 Å². The van der Waals surface area contributed by atoms with Crippen LogP contribution in [0.2, 0.25) is 0 Å². The summed E-state index contributed by atoms with van der Waals surface area (Å²) in [5.41, 5.74) is 1.91. The molecule has 2 aromatic rings. The monoisotopic (exact) mass is 349 g/mol. The standard InChI is InChI=1S/C15H19N5O3S/c1-4-19-8-16-11-7-20(14(21)12-9(3)24-18-17-12)6-10(13(11)19)15(22)23-5-2/h8,10H,4-7H2,1-3H3/t10-/m0/s1. The molecule has 0 spiro atoms. The Balaban J connectivity index is 1.94. The molecule has 1 amide bonds. The quantitative estimate of drug-likeness (QED) is 0.774. The van der Waals surface area contributed by atoms with Crippen LogP contribution in [0.1, 0.15) is 46.5 Å². The summed E-state index contributed by atoms with van der Waals surface area (Å²) in [5.74, 6) is -1.10. The van der Waals surface area contributed by atoms with Gasteiger partial charge in [-0.1, -0.05) is 4.49 Å². The Labute approximate surface area is 143 Å². The number of carbonyl (C=O) groups is 2. The van der Waals surface area contributed by atoms with Crippen LogP contribution in [0.15, 0.2) is 6.33 Å². The van der Waals surface area contributed by atoms with Crippen LogP contribution >= 0.6 is 11.5 Å². The van der Waals surface area contributed by atoms with E-state index in [1.165, 1.54) is 11.5 Å². The Morgan fingerprint density at radius 3 is 2.83 bits per heavy atom. The SMILES string of the molecule is CCOC(=O)[C@H]1CN(C(=O)c2nnsc2C)Cc2ncn(CC)c21. The molecule has 1 aliphatic rings. The van der Waals surface area contributed by atoms with E-state index in [2.05, 4.69) is 14.6 Å². The van der Waals surface area contributed by atoms with Crippen molar-refractivity contribution in [3.05, 3.63) is 28.3 Å². The molecule has 9 heteroatoms. The van der Waals surface area contributed by atoms with Gasteiger partial charge >= 0.3 is 5.97 Å². The van der Waals surface area contributed by atoms with Crippen LogP contribution in [-0.2, 0) is 22.6 Å². The van der Waals surface area contributed by atoms with Crippen molar-refractivity contribution in [1.82, 2.24) is 24.0 Å². The van der Waals surface area contributed by atoms with Gasteiger partial charge in [-0.3, -0.25) is 9.59 Å². The average molecular weight is 349 g/mol. The van der Waals surface area contributed by atoms with E-state index in [-0.39, 0.29) is 18.4 Å². The first-order chi connectivity index (χ1) is 11.6. The van der Waals surface area contributed by atoms with Gasteiger partial charge in [0.2, 0.25) is 0 Å². The Morgan fingerprint density at radius 1 is 1.42 bits per heavy atom. The molecule has 0 bridgehead atoms. The Morgan fingerprint density at radius 2 is 2.21 bits per heavy atom. The Hall–Kier alpha value is -2.29. The zero-order valence-corrected chi connectivity index (χ0v) is 14.7. The number of aromatic nitrogens is 4. The number of hydrogen-bond donors (Lipinski definition) is 0. The van der Waals surface area contributed by atoms with Crippen LogP contribution < -0.4 is 0 Å². The first kappa shape index (κ1) is 16.6. The summed E-state index contributed by atoms with van der Waals surface area (Å²) in [6.07, 6.45) is 1.71. The van der Waals surface area contributed by atoms with Crippen molar-refractivity contribution in [3.8, 4) is 0 Å². The highest BCUT2D eigenvalue weighted by Gasteiger charge is 2.38. The van der Waals surface area contributed by atoms with E-state index in [1.54, 1.807) is 18.2 Å². The fraction of sp³-hybridized carbons (Fsp3) is 0.533. The molecule has 3 rings (SSSR count). The van der Waals surface area contributed by atoms with Crippen molar-refractivity contribution in [2.75, 3.05) is 13.2 Å². The number of aryl methyl sites for hydroxylation is 2. The highest BCUT2D eigenvalue weighted by Crippen LogP contribution is 2.30. The lowest BCUT2D eigenvalue weighted by Gasteiger charge is -2.31. The topological polar surface area (TPSA) is 90.2 Å². The number of ether oxygens (including phenoxy) is 1. The van der Waals surface area contributed by atoms with Crippen LogP contribution in [0.3, 0.4) is 0 Å². The second kappa shape index (κ2) is 6.68. The van der Waals surface area contributed by atoms with E-state index in [0.29, 0.717) is 25.4 Å². The van der Waals surface area contributed by atoms with Crippen LogP contribution in [0.25, 0.3) is 0 Å². The summed E-state index contributed by atoms with van der Waals surface area (Å²) in [6, 6.07) is 0. The second-order valence-electron chi connectivity index (χ2n) is 5.53. The molecule has 2 aromatic heterocycles. The van der Waals surface area contributed by atoms with Crippen LogP contribution in [0, 0.1) is 6.92 Å². The second-order valence-corrected chi connectivity index (χ2v) is 6.49. The summed E-state index contributed by atoms with van der Waals surface area (Å²) in [4.78, 5) is 31.9. The van der Waals surface area contributed by atoms with E-state index in [1.807, 2.05) is 18.4 Å². The van der Waals surface area contributed by atoms with Crippen molar-refractivity contribution in [1.29, 1.82) is 0 Å². The predicted molar refractivity (Wildman–Crippen MR) is 86.7 cm³/mol. The maximum absolute atomic E-state index is 12.7. The molecule has 0 saturated heterocycles. The van der Waals surface area contributed by atoms with Gasteiger partial charge in [0.05, 0.1) is 35.7 Å². The van der Waals surface area contributed by atoms with E-state index < -0.39 is 5.92 Å². The number of amides is 1. The summed E-state index contributed by atoms with van der Waals surface area (Å²) < 4.78 is 11.0. The Bertz CT molecular complexity index is 769. The predicted octanol–water partition coefficient (Wildman–Crippen LogP) is 1.37. The number of imidazole rings is 1. The molecule has 3 heterocycles. The third kappa shape index (κ3) is 2.79. The first-order valence-corrected chi connectivity index (χ1v) is 8.62. The van der Waals surface area contributed by atoms with Crippen molar-refractivity contribution in [2.45, 2.75) is 39.8 Å². The van der Waals surface area contributed by atoms with E-state index >= 15 is 0 Å². The molecule has 1 aliphatic heterocycles. The van der Waals surface area contributed by atoms with E-state index in [0.717, 1.165) is 16.3 Å². The van der Waals surface area contributed by atoms with Gasteiger partial charge in [0.15, 0.2) is 5.69 Å². The minimum Gasteiger partial charge on any atom is -0.465 e. The van der Waals surface area contributed by atoms with Gasteiger partial charge in [-0.05, 0) is 32.3 Å². The van der Waals surface area contributed by atoms with Crippen LogP contribution in [0.4, 0.5) is 0 Å². The molecule has 0 fully saturated rings. The molecule has 0 N–H and O–H groups in total. The number of hydrogen-bond acceptors (Lipinski definition) is 7. The molecule has 0 radical (unpaired) electrons. The number of fused-ring (bicyclic) bond motifs is 1. The van der Waals surface area contributed by atoms with Gasteiger partial charge < -0.3 is 14.2 Å². The average Bonchev–Trinajstić information content (AvgIpc) is 3.19. The minimum atomic E-state index is -0.535. The molecule has 1 atom stereocenters. The zero-order chi connectivity index (χ0) is 17.3. The molecule has 0 aliphatic carbocycles.